The van der Waals surface area contributed by atoms with Crippen LogP contribution in [-0.2, 0) is 13.5 Å². The highest BCUT2D eigenvalue weighted by Crippen LogP contribution is 2.22. The number of hydrogen-bond acceptors (Lipinski definition) is 4. The maximum Gasteiger partial charge on any atom is 0.0947 e. The molecule has 2 heterocycles. The molecule has 2 aromatic heterocycles. The monoisotopic (exact) mass is 250 g/mol. The van der Waals surface area contributed by atoms with Gasteiger partial charge in [-0.25, -0.2) is 4.98 Å². The van der Waals surface area contributed by atoms with E-state index in [9.17, 15) is 0 Å². The fraction of sp³-hybridized carbons (Fsp3) is 0.500. The van der Waals surface area contributed by atoms with E-state index in [-0.39, 0.29) is 6.04 Å². The molecule has 0 saturated carbocycles. The summed E-state index contributed by atoms with van der Waals surface area (Å²) in [5.41, 5.74) is 3.44. The maximum atomic E-state index is 4.51. The molecule has 1 N–H and O–H groups in total. The van der Waals surface area contributed by atoms with E-state index in [4.69, 9.17) is 0 Å². The predicted molar refractivity (Wildman–Crippen MR) is 70.3 cm³/mol. The standard InChI is InChI=1S/C12H18N4S/c1-8-7-17-12(14-8)5-11(13-3)10-6-16(4)15-9(10)2/h6-7,11,13H,5H2,1-4H3. The highest BCUT2D eigenvalue weighted by Gasteiger charge is 2.16. The minimum atomic E-state index is 0.286. The molecule has 2 aromatic rings. The van der Waals surface area contributed by atoms with Crippen LogP contribution in [0.3, 0.4) is 0 Å². The average molecular weight is 250 g/mol. The molecular weight excluding hydrogens is 232 g/mol. The fourth-order valence-corrected chi connectivity index (χ4v) is 2.82. The van der Waals surface area contributed by atoms with E-state index in [0.717, 1.165) is 17.8 Å². The van der Waals surface area contributed by atoms with E-state index in [0.29, 0.717) is 0 Å². The number of rotatable bonds is 4. The molecule has 1 unspecified atom stereocenters. The Bertz CT molecular complexity index is 500. The van der Waals surface area contributed by atoms with Gasteiger partial charge in [-0.05, 0) is 20.9 Å². The Morgan fingerprint density at radius 3 is 2.71 bits per heavy atom. The lowest BCUT2D eigenvalue weighted by Gasteiger charge is -2.13. The number of likely N-dealkylation sites (N-methyl/N-ethyl adjacent to an activating group) is 1. The lowest BCUT2D eigenvalue weighted by atomic mass is 10.1. The summed E-state index contributed by atoms with van der Waals surface area (Å²) in [6, 6.07) is 0.286. The van der Waals surface area contributed by atoms with Gasteiger partial charge in [-0.15, -0.1) is 11.3 Å². The van der Waals surface area contributed by atoms with Gasteiger partial charge in [-0.2, -0.15) is 5.10 Å². The van der Waals surface area contributed by atoms with E-state index in [2.05, 4.69) is 27.0 Å². The molecule has 0 aromatic carbocycles. The first-order valence-electron chi connectivity index (χ1n) is 5.68. The molecule has 0 aliphatic carbocycles. The summed E-state index contributed by atoms with van der Waals surface area (Å²) in [6.07, 6.45) is 3.00. The van der Waals surface area contributed by atoms with Gasteiger partial charge in [0.1, 0.15) is 0 Å². The first-order chi connectivity index (χ1) is 8.10. The van der Waals surface area contributed by atoms with Crippen molar-refractivity contribution in [2.45, 2.75) is 26.3 Å². The van der Waals surface area contributed by atoms with Crippen LogP contribution >= 0.6 is 11.3 Å². The zero-order chi connectivity index (χ0) is 12.4. The van der Waals surface area contributed by atoms with Crippen molar-refractivity contribution in [2.24, 2.45) is 7.05 Å². The van der Waals surface area contributed by atoms with Crippen molar-refractivity contribution in [2.75, 3.05) is 7.05 Å². The summed E-state index contributed by atoms with van der Waals surface area (Å²) >= 11 is 1.72. The first kappa shape index (κ1) is 12.3. The van der Waals surface area contributed by atoms with Gasteiger partial charge in [0.2, 0.25) is 0 Å². The van der Waals surface area contributed by atoms with Crippen LogP contribution in [0.25, 0.3) is 0 Å². The first-order valence-corrected chi connectivity index (χ1v) is 6.56. The van der Waals surface area contributed by atoms with Crippen LogP contribution in [0.2, 0.25) is 0 Å². The fourth-order valence-electron chi connectivity index (χ4n) is 2.00. The second kappa shape index (κ2) is 4.98. The molecule has 2 rings (SSSR count). The van der Waals surface area contributed by atoms with Gasteiger partial charge in [0.05, 0.1) is 10.7 Å². The number of nitrogens with one attached hydrogen (secondary N) is 1. The van der Waals surface area contributed by atoms with Gasteiger partial charge < -0.3 is 5.32 Å². The molecule has 0 spiro atoms. The van der Waals surface area contributed by atoms with Gasteiger partial charge in [-0.3, -0.25) is 4.68 Å². The second-order valence-corrected chi connectivity index (χ2v) is 5.21. The Hall–Kier alpha value is -1.20. The summed E-state index contributed by atoms with van der Waals surface area (Å²) in [5.74, 6) is 0. The Kier molecular flexibility index (Phi) is 3.59. The van der Waals surface area contributed by atoms with Crippen LogP contribution in [0.4, 0.5) is 0 Å². The molecule has 0 radical (unpaired) electrons. The SMILES string of the molecule is CNC(Cc1nc(C)cs1)c1cn(C)nc1C. The van der Waals surface area contributed by atoms with E-state index in [1.165, 1.54) is 10.6 Å². The minimum Gasteiger partial charge on any atom is -0.313 e. The molecule has 0 amide bonds. The molecule has 4 nitrogen and oxygen atoms in total. The summed E-state index contributed by atoms with van der Waals surface area (Å²) < 4.78 is 1.86. The molecule has 0 fully saturated rings. The number of aromatic nitrogens is 3. The lowest BCUT2D eigenvalue weighted by molar-refractivity contribution is 0.586. The highest BCUT2D eigenvalue weighted by molar-refractivity contribution is 7.09. The Labute approximate surface area is 106 Å². The highest BCUT2D eigenvalue weighted by atomic mass is 32.1. The van der Waals surface area contributed by atoms with Crippen LogP contribution < -0.4 is 5.32 Å². The minimum absolute atomic E-state index is 0.286. The largest absolute Gasteiger partial charge is 0.313 e. The van der Waals surface area contributed by atoms with Crippen molar-refractivity contribution >= 4 is 11.3 Å². The van der Waals surface area contributed by atoms with Crippen molar-refractivity contribution in [3.63, 3.8) is 0 Å². The molecular formula is C12H18N4S. The van der Waals surface area contributed by atoms with Gasteiger partial charge in [-0.1, -0.05) is 0 Å². The normalized spacial score (nSPS) is 12.9. The Balaban J connectivity index is 2.19. The second-order valence-electron chi connectivity index (χ2n) is 4.27. The Morgan fingerprint density at radius 1 is 1.47 bits per heavy atom. The summed E-state index contributed by atoms with van der Waals surface area (Å²) in [4.78, 5) is 4.51. The molecule has 1 atom stereocenters. The van der Waals surface area contributed by atoms with E-state index >= 15 is 0 Å². The quantitative estimate of drug-likeness (QED) is 0.902. The van der Waals surface area contributed by atoms with Gasteiger partial charge >= 0.3 is 0 Å². The van der Waals surface area contributed by atoms with Gasteiger partial charge in [0.25, 0.3) is 0 Å². The van der Waals surface area contributed by atoms with Gasteiger partial charge in [0, 0.05) is 42.3 Å². The molecule has 0 saturated heterocycles. The number of nitrogens with zero attached hydrogens (tertiary/aromatic N) is 3. The third-order valence-electron chi connectivity index (χ3n) is 2.82. The number of hydrogen-bond donors (Lipinski definition) is 1. The molecule has 0 aliphatic heterocycles. The summed E-state index contributed by atoms with van der Waals surface area (Å²) in [6.45, 7) is 4.08. The predicted octanol–water partition coefficient (Wildman–Crippen LogP) is 2.00. The van der Waals surface area contributed by atoms with Crippen LogP contribution in [0.1, 0.15) is 28.0 Å². The van der Waals surface area contributed by atoms with Crippen molar-refractivity contribution in [1.29, 1.82) is 0 Å². The van der Waals surface area contributed by atoms with Crippen molar-refractivity contribution < 1.29 is 0 Å². The number of thiazole rings is 1. The van der Waals surface area contributed by atoms with E-state index in [1.807, 2.05) is 32.6 Å². The number of aryl methyl sites for hydroxylation is 3. The molecule has 17 heavy (non-hydrogen) atoms. The smallest absolute Gasteiger partial charge is 0.0947 e. The summed E-state index contributed by atoms with van der Waals surface area (Å²) in [7, 11) is 3.94. The third-order valence-corrected chi connectivity index (χ3v) is 3.81. The summed E-state index contributed by atoms with van der Waals surface area (Å²) in [5, 5.41) is 11.0. The molecule has 0 bridgehead atoms. The topological polar surface area (TPSA) is 42.7 Å². The van der Waals surface area contributed by atoms with Crippen LogP contribution in [0, 0.1) is 13.8 Å². The Morgan fingerprint density at radius 2 is 2.24 bits per heavy atom. The zero-order valence-corrected chi connectivity index (χ0v) is 11.5. The average Bonchev–Trinajstić information content (AvgIpc) is 2.82. The maximum absolute atomic E-state index is 4.51. The van der Waals surface area contributed by atoms with E-state index < -0.39 is 0 Å². The van der Waals surface area contributed by atoms with Crippen LogP contribution in [-0.4, -0.2) is 21.8 Å². The molecule has 92 valence electrons. The third kappa shape index (κ3) is 2.73. The molecule has 0 aliphatic rings. The van der Waals surface area contributed by atoms with Crippen LogP contribution in [0.15, 0.2) is 11.6 Å². The molecule has 5 heteroatoms. The van der Waals surface area contributed by atoms with Crippen molar-refractivity contribution in [1.82, 2.24) is 20.1 Å². The van der Waals surface area contributed by atoms with E-state index in [1.54, 1.807) is 11.3 Å². The van der Waals surface area contributed by atoms with Gasteiger partial charge in [0.15, 0.2) is 0 Å². The zero-order valence-electron chi connectivity index (χ0n) is 10.7. The van der Waals surface area contributed by atoms with Crippen molar-refractivity contribution in [3.05, 3.63) is 33.5 Å². The lowest BCUT2D eigenvalue weighted by Crippen LogP contribution is -2.19. The van der Waals surface area contributed by atoms with Crippen molar-refractivity contribution in [3.8, 4) is 0 Å². The van der Waals surface area contributed by atoms with Crippen LogP contribution in [0.5, 0.6) is 0 Å².